The minimum Gasteiger partial charge on any atom is -0.302 e. The van der Waals surface area contributed by atoms with Crippen LogP contribution in [0.15, 0.2) is 30.3 Å². The number of benzene rings is 1. The molecule has 2 rings (SSSR count). The van der Waals surface area contributed by atoms with E-state index in [9.17, 15) is 0 Å². The molecule has 1 heterocycles. The SMILES string of the molecule is ClC1CCN(CCCc2ccccc2)C1. The highest BCUT2D eigenvalue weighted by Gasteiger charge is 2.19. The number of halogens is 1. The Kier molecular flexibility index (Phi) is 4.04. The molecule has 0 saturated carbocycles. The van der Waals surface area contributed by atoms with E-state index >= 15 is 0 Å². The third-order valence-corrected chi connectivity index (χ3v) is 3.35. The van der Waals surface area contributed by atoms with Crippen molar-refractivity contribution < 1.29 is 0 Å². The molecular formula is C13H18ClN. The van der Waals surface area contributed by atoms with E-state index in [0.717, 1.165) is 13.0 Å². The molecule has 2 heteroatoms. The molecule has 1 atom stereocenters. The van der Waals surface area contributed by atoms with Crippen molar-refractivity contribution >= 4 is 11.6 Å². The highest BCUT2D eigenvalue weighted by Crippen LogP contribution is 2.15. The minimum atomic E-state index is 0.390. The first kappa shape index (κ1) is 11.0. The Bertz CT molecular complexity index is 286. The first-order valence-electron chi connectivity index (χ1n) is 5.75. The largest absolute Gasteiger partial charge is 0.302 e. The Morgan fingerprint density at radius 1 is 1.27 bits per heavy atom. The van der Waals surface area contributed by atoms with Crippen LogP contribution in [0, 0.1) is 0 Å². The van der Waals surface area contributed by atoms with Crippen molar-refractivity contribution in [2.45, 2.75) is 24.6 Å². The number of rotatable bonds is 4. The zero-order valence-electron chi connectivity index (χ0n) is 9.03. The van der Waals surface area contributed by atoms with Gasteiger partial charge in [-0.05, 0) is 37.9 Å². The molecule has 0 spiro atoms. The second-order valence-electron chi connectivity index (χ2n) is 4.28. The molecule has 0 aromatic heterocycles. The fourth-order valence-corrected chi connectivity index (χ4v) is 2.43. The van der Waals surface area contributed by atoms with Crippen LogP contribution >= 0.6 is 11.6 Å². The van der Waals surface area contributed by atoms with Gasteiger partial charge in [0.05, 0.1) is 0 Å². The predicted octanol–water partition coefficient (Wildman–Crippen LogP) is 2.93. The summed E-state index contributed by atoms with van der Waals surface area (Å²) in [6.07, 6.45) is 3.59. The minimum absolute atomic E-state index is 0.390. The normalized spacial score (nSPS) is 22.1. The zero-order chi connectivity index (χ0) is 10.5. The van der Waals surface area contributed by atoms with Gasteiger partial charge in [0.25, 0.3) is 0 Å². The van der Waals surface area contributed by atoms with Gasteiger partial charge in [0.2, 0.25) is 0 Å². The van der Waals surface area contributed by atoms with Crippen molar-refractivity contribution in [3.8, 4) is 0 Å². The highest BCUT2D eigenvalue weighted by atomic mass is 35.5. The molecule has 0 N–H and O–H groups in total. The maximum absolute atomic E-state index is 6.06. The van der Waals surface area contributed by atoms with Crippen LogP contribution in [-0.2, 0) is 6.42 Å². The van der Waals surface area contributed by atoms with Crippen LogP contribution in [-0.4, -0.2) is 29.9 Å². The first-order valence-corrected chi connectivity index (χ1v) is 6.18. The van der Waals surface area contributed by atoms with Gasteiger partial charge in [0.1, 0.15) is 0 Å². The van der Waals surface area contributed by atoms with Crippen molar-refractivity contribution in [3.63, 3.8) is 0 Å². The molecule has 1 nitrogen and oxygen atoms in total. The molecule has 15 heavy (non-hydrogen) atoms. The number of nitrogens with zero attached hydrogens (tertiary/aromatic N) is 1. The van der Waals surface area contributed by atoms with Crippen molar-refractivity contribution in [3.05, 3.63) is 35.9 Å². The van der Waals surface area contributed by atoms with Gasteiger partial charge in [0.15, 0.2) is 0 Å². The summed E-state index contributed by atoms with van der Waals surface area (Å²) in [5, 5.41) is 0.390. The lowest BCUT2D eigenvalue weighted by Gasteiger charge is -2.14. The molecule has 1 aliphatic rings. The van der Waals surface area contributed by atoms with Gasteiger partial charge >= 0.3 is 0 Å². The summed E-state index contributed by atoms with van der Waals surface area (Å²) in [6, 6.07) is 10.7. The molecule has 1 saturated heterocycles. The van der Waals surface area contributed by atoms with Crippen LogP contribution in [0.25, 0.3) is 0 Å². The van der Waals surface area contributed by atoms with E-state index in [2.05, 4.69) is 35.2 Å². The van der Waals surface area contributed by atoms with E-state index < -0.39 is 0 Å². The summed E-state index contributed by atoms with van der Waals surface area (Å²) in [4.78, 5) is 2.47. The fourth-order valence-electron chi connectivity index (χ4n) is 2.14. The summed E-state index contributed by atoms with van der Waals surface area (Å²) in [5.41, 5.74) is 1.44. The standard InChI is InChI=1S/C13H18ClN/c14-13-8-10-15(11-13)9-4-7-12-5-2-1-3-6-12/h1-3,5-6,13H,4,7-11H2. The highest BCUT2D eigenvalue weighted by molar-refractivity contribution is 6.20. The smallest absolute Gasteiger partial charge is 0.0475 e. The van der Waals surface area contributed by atoms with E-state index in [4.69, 9.17) is 11.6 Å². The molecular weight excluding hydrogens is 206 g/mol. The quantitative estimate of drug-likeness (QED) is 0.710. The molecule has 1 aromatic rings. The second kappa shape index (κ2) is 5.53. The summed E-state index contributed by atoms with van der Waals surface area (Å²) in [5.74, 6) is 0. The molecule has 1 unspecified atom stereocenters. The average Bonchev–Trinajstić information content (AvgIpc) is 2.66. The van der Waals surface area contributed by atoms with Gasteiger partial charge < -0.3 is 4.90 Å². The number of hydrogen-bond acceptors (Lipinski definition) is 1. The fraction of sp³-hybridized carbons (Fsp3) is 0.538. The first-order chi connectivity index (χ1) is 7.34. The number of alkyl halides is 1. The van der Waals surface area contributed by atoms with Crippen LogP contribution in [0.1, 0.15) is 18.4 Å². The molecule has 82 valence electrons. The summed E-state index contributed by atoms with van der Waals surface area (Å²) >= 11 is 6.06. The van der Waals surface area contributed by atoms with Crippen LogP contribution < -0.4 is 0 Å². The van der Waals surface area contributed by atoms with E-state index in [1.165, 1.54) is 31.5 Å². The third kappa shape index (κ3) is 3.51. The maximum atomic E-state index is 6.06. The van der Waals surface area contributed by atoms with Gasteiger partial charge in [-0.3, -0.25) is 0 Å². The van der Waals surface area contributed by atoms with E-state index in [-0.39, 0.29) is 0 Å². The van der Waals surface area contributed by atoms with E-state index in [1.807, 2.05) is 0 Å². The van der Waals surface area contributed by atoms with Crippen molar-refractivity contribution in [2.75, 3.05) is 19.6 Å². The van der Waals surface area contributed by atoms with Crippen molar-refractivity contribution in [2.24, 2.45) is 0 Å². The Balaban J connectivity index is 1.67. The lowest BCUT2D eigenvalue weighted by molar-refractivity contribution is 0.334. The van der Waals surface area contributed by atoms with Crippen molar-refractivity contribution in [1.82, 2.24) is 4.90 Å². The van der Waals surface area contributed by atoms with Crippen LogP contribution in [0.3, 0.4) is 0 Å². The monoisotopic (exact) mass is 223 g/mol. The summed E-state index contributed by atoms with van der Waals surface area (Å²) in [7, 11) is 0. The Morgan fingerprint density at radius 2 is 2.07 bits per heavy atom. The molecule has 1 aromatic carbocycles. The van der Waals surface area contributed by atoms with Crippen LogP contribution in [0.5, 0.6) is 0 Å². The third-order valence-electron chi connectivity index (χ3n) is 3.00. The Hall–Kier alpha value is -0.530. The Labute approximate surface area is 97.0 Å². The molecule has 1 aliphatic heterocycles. The van der Waals surface area contributed by atoms with E-state index in [0.29, 0.717) is 5.38 Å². The molecule has 1 fully saturated rings. The van der Waals surface area contributed by atoms with Gasteiger partial charge in [-0.15, -0.1) is 11.6 Å². The lowest BCUT2D eigenvalue weighted by atomic mass is 10.1. The number of aryl methyl sites for hydroxylation is 1. The zero-order valence-corrected chi connectivity index (χ0v) is 9.79. The summed E-state index contributed by atoms with van der Waals surface area (Å²) in [6.45, 7) is 3.46. The topological polar surface area (TPSA) is 3.24 Å². The van der Waals surface area contributed by atoms with Crippen LogP contribution in [0.2, 0.25) is 0 Å². The molecule has 0 aliphatic carbocycles. The number of hydrogen-bond donors (Lipinski definition) is 0. The van der Waals surface area contributed by atoms with Gasteiger partial charge in [-0.2, -0.15) is 0 Å². The molecule has 0 bridgehead atoms. The Morgan fingerprint density at radius 3 is 2.73 bits per heavy atom. The molecule has 0 radical (unpaired) electrons. The van der Waals surface area contributed by atoms with Crippen LogP contribution in [0.4, 0.5) is 0 Å². The summed E-state index contributed by atoms with van der Waals surface area (Å²) < 4.78 is 0. The maximum Gasteiger partial charge on any atom is 0.0475 e. The predicted molar refractivity (Wildman–Crippen MR) is 65.5 cm³/mol. The van der Waals surface area contributed by atoms with E-state index in [1.54, 1.807) is 0 Å². The average molecular weight is 224 g/mol. The molecule has 0 amide bonds. The van der Waals surface area contributed by atoms with Gasteiger partial charge in [-0.25, -0.2) is 0 Å². The number of likely N-dealkylation sites (tertiary alicyclic amines) is 1. The lowest BCUT2D eigenvalue weighted by Crippen LogP contribution is -2.22. The second-order valence-corrected chi connectivity index (χ2v) is 4.89. The van der Waals surface area contributed by atoms with Gasteiger partial charge in [0, 0.05) is 11.9 Å². The van der Waals surface area contributed by atoms with Gasteiger partial charge in [-0.1, -0.05) is 30.3 Å². The van der Waals surface area contributed by atoms with Crippen molar-refractivity contribution in [1.29, 1.82) is 0 Å².